The lowest BCUT2D eigenvalue weighted by atomic mass is 9.85. The molecule has 0 unspecified atom stereocenters. The van der Waals surface area contributed by atoms with Gasteiger partial charge in [0.15, 0.2) is 0 Å². The van der Waals surface area contributed by atoms with Crippen molar-refractivity contribution in [2.75, 3.05) is 0 Å². The SMILES string of the molecule is [2H]c1c([2H])c([2H])c2c(-c3ccc(-c4c5occc5cc5c4oc4ccccc45)cc3)c3c([2H])c([2H])c([2H])c([2H])c3c(-c3ccccc3)c2c1[2H]. The molecule has 0 fully saturated rings. The fourth-order valence-corrected chi connectivity index (χ4v) is 6.16. The summed E-state index contributed by atoms with van der Waals surface area (Å²) in [5.74, 6) is 0. The first-order chi connectivity index (χ1) is 24.2. The summed E-state index contributed by atoms with van der Waals surface area (Å²) in [5.41, 5.74) is 5.29. The Morgan fingerprint density at radius 2 is 1.00 bits per heavy atom. The molecule has 0 saturated heterocycles. The lowest BCUT2D eigenvalue weighted by Gasteiger charge is -2.18. The molecule has 2 heteroatoms. The molecule has 9 aromatic rings. The van der Waals surface area contributed by atoms with Crippen molar-refractivity contribution in [3.63, 3.8) is 0 Å². The Morgan fingerprint density at radius 1 is 0.452 bits per heavy atom. The molecular weight excluding hydrogens is 512 g/mol. The summed E-state index contributed by atoms with van der Waals surface area (Å²) in [5, 5.41) is 3.54. The maximum absolute atomic E-state index is 9.16. The molecule has 196 valence electrons. The third kappa shape index (κ3) is 3.33. The molecule has 2 aromatic heterocycles. The van der Waals surface area contributed by atoms with Crippen molar-refractivity contribution in [2.24, 2.45) is 0 Å². The van der Waals surface area contributed by atoms with Crippen LogP contribution in [0.25, 0.3) is 87.8 Å². The van der Waals surface area contributed by atoms with E-state index in [0.29, 0.717) is 33.4 Å². The second-order valence-corrected chi connectivity index (χ2v) is 10.3. The van der Waals surface area contributed by atoms with Gasteiger partial charge in [-0.2, -0.15) is 0 Å². The Kier molecular flexibility index (Phi) is 3.54. The minimum atomic E-state index is -0.434. The van der Waals surface area contributed by atoms with Crippen LogP contribution in [-0.4, -0.2) is 0 Å². The van der Waals surface area contributed by atoms with Crippen molar-refractivity contribution in [1.29, 1.82) is 0 Å². The number of hydrogen-bond acceptors (Lipinski definition) is 2. The molecule has 0 spiro atoms. The summed E-state index contributed by atoms with van der Waals surface area (Å²) in [7, 11) is 0. The smallest absolute Gasteiger partial charge is 0.147 e. The molecule has 0 aliphatic heterocycles. The van der Waals surface area contributed by atoms with Crippen LogP contribution in [0.4, 0.5) is 0 Å². The van der Waals surface area contributed by atoms with Gasteiger partial charge < -0.3 is 8.83 Å². The first kappa shape index (κ1) is 16.6. The number of fused-ring (bicyclic) bond motifs is 6. The Hall–Kier alpha value is -5.60. The predicted molar refractivity (Wildman–Crippen MR) is 175 cm³/mol. The van der Waals surface area contributed by atoms with E-state index >= 15 is 0 Å². The standard InChI is InChI=1S/C40H24O2/c1-2-10-25(11-3-1)36-30-13-4-6-15-32(30)37(33-16-7-5-14-31(33)36)26-18-20-27(21-19-26)38-39-28(22-23-41-39)24-34-29-12-8-9-17-35(29)42-40(34)38/h1-24H/i4D,5D,6D,7D,13D,14D,15D,16D. The summed E-state index contributed by atoms with van der Waals surface area (Å²) in [4.78, 5) is 0. The summed E-state index contributed by atoms with van der Waals surface area (Å²) in [6.07, 6.45) is 1.64. The maximum atomic E-state index is 9.16. The van der Waals surface area contributed by atoms with Crippen LogP contribution in [0.1, 0.15) is 11.0 Å². The van der Waals surface area contributed by atoms with Gasteiger partial charge >= 0.3 is 0 Å². The monoisotopic (exact) mass is 544 g/mol. The zero-order valence-electron chi connectivity index (χ0n) is 30.1. The van der Waals surface area contributed by atoms with E-state index in [-0.39, 0.29) is 45.7 Å². The van der Waals surface area contributed by atoms with Crippen molar-refractivity contribution in [3.05, 3.63) is 146 Å². The van der Waals surface area contributed by atoms with Crippen LogP contribution in [0.5, 0.6) is 0 Å². The zero-order chi connectivity index (χ0) is 34.6. The van der Waals surface area contributed by atoms with Gasteiger partial charge in [0.1, 0.15) is 16.7 Å². The van der Waals surface area contributed by atoms with E-state index in [1.54, 1.807) is 30.5 Å². The van der Waals surface area contributed by atoms with E-state index in [9.17, 15) is 0 Å². The predicted octanol–water partition coefficient (Wildman–Crippen LogP) is 11.6. The van der Waals surface area contributed by atoms with Gasteiger partial charge in [-0.15, -0.1) is 0 Å². The fourth-order valence-electron chi connectivity index (χ4n) is 6.16. The van der Waals surface area contributed by atoms with Gasteiger partial charge in [0.2, 0.25) is 0 Å². The van der Waals surface area contributed by atoms with Crippen molar-refractivity contribution in [2.45, 2.75) is 0 Å². The third-order valence-electron chi connectivity index (χ3n) is 7.98. The maximum Gasteiger partial charge on any atom is 0.147 e. The topological polar surface area (TPSA) is 26.3 Å². The van der Waals surface area contributed by atoms with E-state index in [1.807, 2.05) is 66.7 Å². The Balaban J connectivity index is 1.41. The summed E-state index contributed by atoms with van der Waals surface area (Å²) in [6, 6.07) is 25.2. The van der Waals surface area contributed by atoms with Gasteiger partial charge in [-0.1, -0.05) is 121 Å². The number of benzene rings is 7. The summed E-state index contributed by atoms with van der Waals surface area (Å²) < 4.78 is 83.3. The number of rotatable bonds is 3. The van der Waals surface area contributed by atoms with Crippen LogP contribution >= 0.6 is 0 Å². The molecule has 0 amide bonds. The lowest BCUT2D eigenvalue weighted by Crippen LogP contribution is -1.90. The van der Waals surface area contributed by atoms with Crippen LogP contribution in [-0.2, 0) is 0 Å². The van der Waals surface area contributed by atoms with Crippen LogP contribution in [0.3, 0.4) is 0 Å². The van der Waals surface area contributed by atoms with Crippen LogP contribution < -0.4 is 0 Å². The summed E-state index contributed by atoms with van der Waals surface area (Å²) in [6.45, 7) is 0. The quantitative estimate of drug-likeness (QED) is 0.207. The molecule has 2 nitrogen and oxygen atoms in total. The highest BCUT2D eigenvalue weighted by molar-refractivity contribution is 6.22. The van der Waals surface area contributed by atoms with Gasteiger partial charge in [0, 0.05) is 16.2 Å². The van der Waals surface area contributed by atoms with E-state index in [2.05, 4.69) is 0 Å². The number of hydrogen-bond donors (Lipinski definition) is 0. The minimum Gasteiger partial charge on any atom is -0.464 e. The van der Waals surface area contributed by atoms with E-state index < -0.39 is 24.2 Å². The zero-order valence-corrected chi connectivity index (χ0v) is 22.1. The number of furan rings is 2. The van der Waals surface area contributed by atoms with Crippen LogP contribution in [0.15, 0.2) is 154 Å². The molecular formula is C40H24O2. The van der Waals surface area contributed by atoms with E-state index in [0.717, 1.165) is 32.9 Å². The molecule has 0 atom stereocenters. The van der Waals surface area contributed by atoms with Crippen molar-refractivity contribution < 1.29 is 19.8 Å². The molecule has 2 heterocycles. The number of para-hydroxylation sites is 1. The second-order valence-electron chi connectivity index (χ2n) is 10.3. The first-order valence-electron chi connectivity index (χ1n) is 17.6. The Labute approximate surface area is 253 Å². The molecule has 0 N–H and O–H groups in total. The molecule has 7 aromatic carbocycles. The third-order valence-corrected chi connectivity index (χ3v) is 7.98. The largest absolute Gasteiger partial charge is 0.464 e. The van der Waals surface area contributed by atoms with Crippen molar-refractivity contribution >= 4 is 54.5 Å². The molecule has 0 aliphatic rings. The Morgan fingerprint density at radius 3 is 1.64 bits per heavy atom. The molecule has 42 heavy (non-hydrogen) atoms. The molecule has 9 rings (SSSR count). The van der Waals surface area contributed by atoms with Gasteiger partial charge in [0.05, 0.1) is 22.8 Å². The van der Waals surface area contributed by atoms with Gasteiger partial charge in [0.25, 0.3) is 0 Å². The lowest BCUT2D eigenvalue weighted by molar-refractivity contribution is 0.615. The highest BCUT2D eigenvalue weighted by Crippen LogP contribution is 2.45. The highest BCUT2D eigenvalue weighted by atomic mass is 16.3. The van der Waals surface area contributed by atoms with E-state index in [4.69, 9.17) is 19.8 Å². The second kappa shape index (κ2) is 8.95. The van der Waals surface area contributed by atoms with Crippen LogP contribution in [0, 0.1) is 0 Å². The molecule has 0 bridgehead atoms. The summed E-state index contributed by atoms with van der Waals surface area (Å²) >= 11 is 0. The van der Waals surface area contributed by atoms with Crippen LogP contribution in [0.2, 0.25) is 0 Å². The normalized spacial score (nSPS) is 14.5. The van der Waals surface area contributed by atoms with Gasteiger partial charge in [-0.3, -0.25) is 0 Å². The fraction of sp³-hybridized carbons (Fsp3) is 0. The first-order valence-corrected chi connectivity index (χ1v) is 13.6. The van der Waals surface area contributed by atoms with Gasteiger partial charge in [-0.05, 0) is 67.6 Å². The van der Waals surface area contributed by atoms with Crippen molar-refractivity contribution in [1.82, 2.24) is 0 Å². The average molecular weight is 545 g/mol. The molecule has 0 aliphatic carbocycles. The Bertz CT molecular complexity index is 2810. The molecule has 0 radical (unpaired) electrons. The average Bonchev–Trinajstić information content (AvgIpc) is 3.77. The van der Waals surface area contributed by atoms with Crippen molar-refractivity contribution in [3.8, 4) is 33.4 Å². The van der Waals surface area contributed by atoms with Gasteiger partial charge in [-0.25, -0.2) is 0 Å². The highest BCUT2D eigenvalue weighted by Gasteiger charge is 2.20. The minimum absolute atomic E-state index is 0.174. The molecule has 0 saturated carbocycles. The van der Waals surface area contributed by atoms with E-state index in [1.165, 1.54) is 0 Å².